The number of hydrogen-bond acceptors (Lipinski definition) is 4. The number of ether oxygens (including phenoxy) is 1. The highest BCUT2D eigenvalue weighted by Crippen LogP contribution is 2.18. The molecular weight excluding hydrogens is 376 g/mol. The number of morpholine rings is 1. The van der Waals surface area contributed by atoms with Gasteiger partial charge in [0.25, 0.3) is 5.91 Å². The molecule has 1 saturated heterocycles. The fraction of sp³-hybridized carbons (Fsp3) is 0.200. The maximum atomic E-state index is 12.9. The molecule has 0 unspecified atom stereocenters. The summed E-state index contributed by atoms with van der Waals surface area (Å²) in [5.74, 6) is -0.460. The monoisotopic (exact) mass is 400 g/mol. The van der Waals surface area contributed by atoms with E-state index >= 15 is 0 Å². The van der Waals surface area contributed by atoms with E-state index in [1.165, 1.54) is 5.56 Å². The molecule has 5 heteroatoms. The number of carbonyl (C=O) groups excluding carboxylic acids is 2. The van der Waals surface area contributed by atoms with Crippen molar-refractivity contribution in [2.75, 3.05) is 31.6 Å². The minimum Gasteiger partial charge on any atom is -0.379 e. The largest absolute Gasteiger partial charge is 0.379 e. The smallest absolute Gasteiger partial charge is 0.256 e. The zero-order chi connectivity index (χ0) is 20.8. The number of hydrogen-bond donors (Lipinski definition) is 1. The predicted molar refractivity (Wildman–Crippen MR) is 117 cm³/mol. The first-order valence-electron chi connectivity index (χ1n) is 10.1. The molecule has 3 aromatic carbocycles. The summed E-state index contributed by atoms with van der Waals surface area (Å²) in [7, 11) is 0. The Bertz CT molecular complexity index is 1010. The second-order valence-corrected chi connectivity index (χ2v) is 7.28. The number of amides is 1. The first kappa shape index (κ1) is 20.0. The van der Waals surface area contributed by atoms with E-state index < -0.39 is 0 Å². The fourth-order valence-corrected chi connectivity index (χ4v) is 3.53. The summed E-state index contributed by atoms with van der Waals surface area (Å²) in [6, 6.07) is 23.7. The van der Waals surface area contributed by atoms with E-state index in [0.717, 1.165) is 32.8 Å². The standard InChI is InChI=1S/C25H24N2O3/c28-24(20-6-2-1-3-7-20)22-8-4-5-9-23(22)25(29)26-21-12-10-19(11-13-21)18-27-14-16-30-17-15-27/h1-13H,14-18H2,(H,26,29). The van der Waals surface area contributed by atoms with Crippen molar-refractivity contribution in [3.05, 3.63) is 101 Å². The molecule has 1 amide bonds. The van der Waals surface area contributed by atoms with Crippen LogP contribution in [0.2, 0.25) is 0 Å². The van der Waals surface area contributed by atoms with Gasteiger partial charge in [-0.05, 0) is 23.8 Å². The lowest BCUT2D eigenvalue weighted by atomic mass is 9.98. The third-order valence-corrected chi connectivity index (χ3v) is 5.17. The first-order valence-corrected chi connectivity index (χ1v) is 10.1. The van der Waals surface area contributed by atoms with Crippen LogP contribution in [0.25, 0.3) is 0 Å². The highest BCUT2D eigenvalue weighted by atomic mass is 16.5. The van der Waals surface area contributed by atoms with Gasteiger partial charge in [-0.15, -0.1) is 0 Å². The Morgan fingerprint density at radius 1 is 0.800 bits per heavy atom. The Labute approximate surface area is 176 Å². The van der Waals surface area contributed by atoms with Crippen molar-refractivity contribution in [2.45, 2.75) is 6.54 Å². The van der Waals surface area contributed by atoms with Crippen molar-refractivity contribution in [2.24, 2.45) is 0 Å². The average molecular weight is 400 g/mol. The number of ketones is 1. The molecule has 1 N–H and O–H groups in total. The molecule has 0 radical (unpaired) electrons. The van der Waals surface area contributed by atoms with Gasteiger partial charge in [-0.1, -0.05) is 60.7 Å². The van der Waals surface area contributed by atoms with Gasteiger partial charge in [0.1, 0.15) is 0 Å². The molecule has 4 rings (SSSR count). The van der Waals surface area contributed by atoms with Gasteiger partial charge in [0, 0.05) is 36.4 Å². The second kappa shape index (κ2) is 9.48. The van der Waals surface area contributed by atoms with Crippen molar-refractivity contribution in [3.63, 3.8) is 0 Å². The van der Waals surface area contributed by atoms with Crippen LogP contribution in [0.1, 0.15) is 31.8 Å². The lowest BCUT2D eigenvalue weighted by Crippen LogP contribution is -2.35. The zero-order valence-corrected chi connectivity index (χ0v) is 16.7. The van der Waals surface area contributed by atoms with Gasteiger partial charge >= 0.3 is 0 Å². The molecule has 1 aliphatic rings. The van der Waals surface area contributed by atoms with E-state index in [1.54, 1.807) is 36.4 Å². The second-order valence-electron chi connectivity index (χ2n) is 7.28. The van der Waals surface area contributed by atoms with Crippen LogP contribution in [0.15, 0.2) is 78.9 Å². The molecule has 0 atom stereocenters. The molecule has 1 aliphatic heterocycles. The Balaban J connectivity index is 1.46. The first-order chi connectivity index (χ1) is 14.7. The lowest BCUT2D eigenvalue weighted by molar-refractivity contribution is 0.0342. The maximum absolute atomic E-state index is 12.9. The lowest BCUT2D eigenvalue weighted by Gasteiger charge is -2.26. The van der Waals surface area contributed by atoms with Gasteiger partial charge in [0.15, 0.2) is 5.78 Å². The third kappa shape index (κ3) is 4.82. The molecule has 3 aromatic rings. The van der Waals surface area contributed by atoms with Crippen molar-refractivity contribution in [1.82, 2.24) is 4.90 Å². The molecular formula is C25H24N2O3. The zero-order valence-electron chi connectivity index (χ0n) is 16.7. The van der Waals surface area contributed by atoms with E-state index in [0.29, 0.717) is 22.4 Å². The van der Waals surface area contributed by atoms with Crippen LogP contribution in [-0.4, -0.2) is 42.9 Å². The maximum Gasteiger partial charge on any atom is 0.256 e. The molecule has 1 heterocycles. The van der Waals surface area contributed by atoms with Gasteiger partial charge in [-0.3, -0.25) is 14.5 Å². The average Bonchev–Trinajstić information content (AvgIpc) is 2.81. The van der Waals surface area contributed by atoms with Crippen LogP contribution < -0.4 is 5.32 Å². The SMILES string of the molecule is O=C(Nc1ccc(CN2CCOCC2)cc1)c1ccccc1C(=O)c1ccccc1. The van der Waals surface area contributed by atoms with Gasteiger partial charge in [-0.25, -0.2) is 0 Å². The summed E-state index contributed by atoms with van der Waals surface area (Å²) in [5.41, 5.74) is 3.21. The molecule has 0 bridgehead atoms. The molecule has 0 saturated carbocycles. The minimum absolute atomic E-state index is 0.165. The van der Waals surface area contributed by atoms with Gasteiger partial charge < -0.3 is 10.1 Å². The molecule has 5 nitrogen and oxygen atoms in total. The highest BCUT2D eigenvalue weighted by Gasteiger charge is 2.18. The van der Waals surface area contributed by atoms with Crippen LogP contribution in [0.5, 0.6) is 0 Å². The Kier molecular flexibility index (Phi) is 6.32. The topological polar surface area (TPSA) is 58.6 Å². The summed E-state index contributed by atoms with van der Waals surface area (Å²) < 4.78 is 5.38. The van der Waals surface area contributed by atoms with E-state index in [2.05, 4.69) is 10.2 Å². The van der Waals surface area contributed by atoms with Crippen LogP contribution in [0, 0.1) is 0 Å². The highest BCUT2D eigenvalue weighted by molar-refractivity contribution is 6.17. The Hall–Kier alpha value is -3.28. The predicted octanol–water partition coefficient (Wildman–Crippen LogP) is 4.00. The van der Waals surface area contributed by atoms with Crippen LogP contribution in [-0.2, 0) is 11.3 Å². The third-order valence-electron chi connectivity index (χ3n) is 5.17. The van der Waals surface area contributed by atoms with Crippen molar-refractivity contribution in [1.29, 1.82) is 0 Å². The molecule has 1 fully saturated rings. The normalized spacial score (nSPS) is 14.3. The number of benzene rings is 3. The van der Waals surface area contributed by atoms with E-state index in [9.17, 15) is 9.59 Å². The van der Waals surface area contributed by atoms with Gasteiger partial charge in [-0.2, -0.15) is 0 Å². The summed E-state index contributed by atoms with van der Waals surface area (Å²) in [5, 5.41) is 2.91. The van der Waals surface area contributed by atoms with E-state index in [4.69, 9.17) is 4.74 Å². The number of nitrogens with one attached hydrogen (secondary N) is 1. The van der Waals surface area contributed by atoms with E-state index in [-0.39, 0.29) is 11.7 Å². The molecule has 0 aliphatic carbocycles. The number of carbonyl (C=O) groups is 2. The summed E-state index contributed by atoms with van der Waals surface area (Å²) in [4.78, 5) is 28.1. The molecule has 152 valence electrons. The van der Waals surface area contributed by atoms with E-state index in [1.807, 2.05) is 42.5 Å². The van der Waals surface area contributed by atoms with Crippen molar-refractivity contribution < 1.29 is 14.3 Å². The van der Waals surface area contributed by atoms with Gasteiger partial charge in [0.05, 0.1) is 18.8 Å². The summed E-state index contributed by atoms with van der Waals surface area (Å²) in [6.45, 7) is 4.28. The molecule has 30 heavy (non-hydrogen) atoms. The summed E-state index contributed by atoms with van der Waals surface area (Å²) >= 11 is 0. The number of nitrogens with zero attached hydrogens (tertiary/aromatic N) is 1. The van der Waals surface area contributed by atoms with Crippen LogP contribution in [0.3, 0.4) is 0 Å². The Morgan fingerprint density at radius 2 is 1.43 bits per heavy atom. The van der Waals surface area contributed by atoms with Crippen molar-refractivity contribution in [3.8, 4) is 0 Å². The molecule has 0 spiro atoms. The number of rotatable bonds is 6. The molecule has 0 aromatic heterocycles. The Morgan fingerprint density at radius 3 is 2.13 bits per heavy atom. The van der Waals surface area contributed by atoms with Gasteiger partial charge in [0.2, 0.25) is 0 Å². The summed E-state index contributed by atoms with van der Waals surface area (Å²) in [6.07, 6.45) is 0. The fourth-order valence-electron chi connectivity index (χ4n) is 3.53. The number of anilines is 1. The minimum atomic E-state index is -0.296. The van der Waals surface area contributed by atoms with Crippen molar-refractivity contribution >= 4 is 17.4 Å². The quantitative estimate of drug-likeness (QED) is 0.636. The van der Waals surface area contributed by atoms with Crippen LogP contribution >= 0.6 is 0 Å². The van der Waals surface area contributed by atoms with Crippen LogP contribution in [0.4, 0.5) is 5.69 Å².